The van der Waals surface area contributed by atoms with Gasteiger partial charge < -0.3 is 10.1 Å². The number of carbonyl (C=O) groups excluding carboxylic acids is 1. The summed E-state index contributed by atoms with van der Waals surface area (Å²) >= 11 is 0. The average molecular weight is 509 g/mol. The van der Waals surface area contributed by atoms with Crippen LogP contribution in [0.5, 0.6) is 0 Å². The fourth-order valence-corrected chi connectivity index (χ4v) is 6.60. The molecule has 3 atom stereocenters. The van der Waals surface area contributed by atoms with Crippen LogP contribution in [0.1, 0.15) is 43.5 Å². The monoisotopic (exact) mass is 508 g/mol. The van der Waals surface area contributed by atoms with Crippen molar-refractivity contribution in [2.75, 3.05) is 26.3 Å². The van der Waals surface area contributed by atoms with Gasteiger partial charge in [-0.15, -0.1) is 0 Å². The summed E-state index contributed by atoms with van der Waals surface area (Å²) in [5.41, 5.74) is 2.18. The third-order valence-electron chi connectivity index (χ3n) is 7.58. The molecule has 1 aliphatic heterocycles. The van der Waals surface area contributed by atoms with Crippen LogP contribution in [0.4, 0.5) is 0 Å². The zero-order valence-electron chi connectivity index (χ0n) is 20.7. The third-order valence-corrected chi connectivity index (χ3v) is 9.48. The molecule has 1 N–H and O–H groups in total. The first-order chi connectivity index (χ1) is 17.3. The van der Waals surface area contributed by atoms with Crippen LogP contribution in [-0.2, 0) is 14.8 Å². The molecular formula is C27H32N4O4S. The van der Waals surface area contributed by atoms with Crippen molar-refractivity contribution in [2.24, 2.45) is 11.8 Å². The van der Waals surface area contributed by atoms with Gasteiger partial charge in [-0.25, -0.2) is 13.4 Å². The van der Waals surface area contributed by atoms with E-state index in [-0.39, 0.29) is 16.8 Å². The Morgan fingerprint density at radius 2 is 1.86 bits per heavy atom. The lowest BCUT2D eigenvalue weighted by molar-refractivity contribution is 0.0730. The molecule has 2 aliphatic rings. The second-order valence-corrected chi connectivity index (χ2v) is 11.8. The first-order valence-electron chi connectivity index (χ1n) is 12.6. The Balaban J connectivity index is 1.58. The molecule has 1 saturated heterocycles. The quantitative estimate of drug-likeness (QED) is 0.561. The van der Waals surface area contributed by atoms with Gasteiger partial charge >= 0.3 is 0 Å². The smallest absolute Gasteiger partial charge is 0.252 e. The number of benzene rings is 1. The number of aromatic nitrogens is 2. The summed E-state index contributed by atoms with van der Waals surface area (Å²) in [6, 6.07) is 12.2. The number of amides is 1. The van der Waals surface area contributed by atoms with Crippen LogP contribution in [0.3, 0.4) is 0 Å². The van der Waals surface area contributed by atoms with E-state index in [4.69, 9.17) is 9.72 Å². The van der Waals surface area contributed by atoms with Crippen molar-refractivity contribution in [1.29, 1.82) is 0 Å². The normalized spacial score (nSPS) is 23.4. The van der Waals surface area contributed by atoms with E-state index in [2.05, 4.69) is 24.1 Å². The molecule has 1 aromatic carbocycles. The molecule has 0 spiro atoms. The molecule has 36 heavy (non-hydrogen) atoms. The van der Waals surface area contributed by atoms with Gasteiger partial charge in [0.25, 0.3) is 5.91 Å². The van der Waals surface area contributed by atoms with Crippen LogP contribution in [0.15, 0.2) is 53.6 Å². The topological polar surface area (TPSA) is 101 Å². The van der Waals surface area contributed by atoms with Crippen LogP contribution in [0.25, 0.3) is 22.3 Å². The third kappa shape index (κ3) is 4.87. The predicted molar refractivity (Wildman–Crippen MR) is 138 cm³/mol. The maximum absolute atomic E-state index is 13.7. The van der Waals surface area contributed by atoms with Crippen molar-refractivity contribution >= 4 is 26.8 Å². The lowest BCUT2D eigenvalue weighted by Crippen LogP contribution is -2.43. The highest BCUT2D eigenvalue weighted by Crippen LogP contribution is 2.31. The summed E-state index contributed by atoms with van der Waals surface area (Å²) in [5, 5.41) is 3.76. The van der Waals surface area contributed by atoms with Crippen molar-refractivity contribution in [2.45, 2.75) is 44.0 Å². The Morgan fingerprint density at radius 3 is 2.61 bits per heavy atom. The van der Waals surface area contributed by atoms with Gasteiger partial charge in [0, 0.05) is 30.7 Å². The second-order valence-electron chi connectivity index (χ2n) is 9.81. The molecule has 2 aromatic heterocycles. The number of rotatable bonds is 5. The Labute approximate surface area is 212 Å². The van der Waals surface area contributed by atoms with Gasteiger partial charge in [-0.1, -0.05) is 32.8 Å². The SMILES string of the molecule is C[C@H]1[C@H](C)CCC[C@H]1NC(=O)c1cc(-c2ccccn2)nc2ccc(S(=O)(=O)N3CCOCC3)cc12. The lowest BCUT2D eigenvalue weighted by atomic mass is 9.78. The summed E-state index contributed by atoms with van der Waals surface area (Å²) in [4.78, 5) is 23.0. The van der Waals surface area contributed by atoms with Gasteiger partial charge in [-0.3, -0.25) is 9.78 Å². The maximum atomic E-state index is 13.7. The lowest BCUT2D eigenvalue weighted by Gasteiger charge is -2.34. The fraction of sp³-hybridized carbons (Fsp3) is 0.444. The van der Waals surface area contributed by atoms with Crippen LogP contribution in [0, 0.1) is 11.8 Å². The zero-order chi connectivity index (χ0) is 25.3. The van der Waals surface area contributed by atoms with Crippen molar-refractivity contribution in [3.05, 3.63) is 54.2 Å². The fourth-order valence-electron chi connectivity index (χ4n) is 5.17. The van der Waals surface area contributed by atoms with Crippen LogP contribution >= 0.6 is 0 Å². The van der Waals surface area contributed by atoms with E-state index in [0.717, 1.165) is 19.3 Å². The Morgan fingerprint density at radius 1 is 1.06 bits per heavy atom. The Kier molecular flexibility index (Phi) is 7.05. The van der Waals surface area contributed by atoms with Gasteiger partial charge in [0.2, 0.25) is 10.0 Å². The minimum Gasteiger partial charge on any atom is -0.379 e. The number of morpholine rings is 1. The minimum absolute atomic E-state index is 0.0723. The molecule has 3 aromatic rings. The van der Waals surface area contributed by atoms with E-state index >= 15 is 0 Å². The number of hydrogen-bond donors (Lipinski definition) is 1. The molecule has 0 unspecified atom stereocenters. The maximum Gasteiger partial charge on any atom is 0.252 e. The number of carbonyl (C=O) groups is 1. The van der Waals surface area contributed by atoms with E-state index in [1.807, 2.05) is 18.2 Å². The molecule has 9 heteroatoms. The minimum atomic E-state index is -3.72. The summed E-state index contributed by atoms with van der Waals surface area (Å²) in [5.74, 6) is 0.683. The first-order valence-corrected chi connectivity index (χ1v) is 14.0. The van der Waals surface area contributed by atoms with Crippen LogP contribution < -0.4 is 5.32 Å². The standard InChI is InChI=1S/C27H32N4O4S/c1-18-6-5-8-23(19(18)2)30-27(32)22-17-26(25-7-3-4-11-28-25)29-24-10-9-20(16-21(22)24)36(33,34)31-12-14-35-15-13-31/h3-4,7,9-11,16-19,23H,5-6,8,12-15H2,1-2H3,(H,30,32)/t18-,19+,23-/m1/s1. The molecule has 190 valence electrons. The van der Waals surface area contributed by atoms with Crippen molar-refractivity contribution < 1.29 is 17.9 Å². The van der Waals surface area contributed by atoms with E-state index in [1.165, 1.54) is 4.31 Å². The van der Waals surface area contributed by atoms with Gasteiger partial charge in [-0.05, 0) is 54.7 Å². The summed E-state index contributed by atoms with van der Waals surface area (Å²) in [7, 11) is -3.72. The van der Waals surface area contributed by atoms with Gasteiger partial charge in [0.1, 0.15) is 0 Å². The van der Waals surface area contributed by atoms with Gasteiger partial charge in [0.15, 0.2) is 0 Å². The van der Waals surface area contributed by atoms with Crippen molar-refractivity contribution in [1.82, 2.24) is 19.6 Å². The Bertz CT molecular complexity index is 1360. The molecule has 1 saturated carbocycles. The molecule has 0 bridgehead atoms. The number of pyridine rings is 2. The van der Waals surface area contributed by atoms with Crippen LogP contribution in [0.2, 0.25) is 0 Å². The zero-order valence-corrected chi connectivity index (χ0v) is 21.5. The molecule has 3 heterocycles. The van der Waals surface area contributed by atoms with Crippen molar-refractivity contribution in [3.8, 4) is 11.4 Å². The molecule has 5 rings (SSSR count). The van der Waals surface area contributed by atoms with Gasteiger partial charge in [-0.2, -0.15) is 4.31 Å². The number of sulfonamides is 1. The average Bonchev–Trinajstić information content (AvgIpc) is 2.91. The molecular weight excluding hydrogens is 476 g/mol. The highest BCUT2D eigenvalue weighted by Gasteiger charge is 2.30. The van der Waals surface area contributed by atoms with E-state index in [0.29, 0.717) is 66.0 Å². The van der Waals surface area contributed by atoms with E-state index in [1.54, 1.807) is 30.5 Å². The highest BCUT2D eigenvalue weighted by atomic mass is 32.2. The molecule has 1 aliphatic carbocycles. The summed E-state index contributed by atoms with van der Waals surface area (Å²) in [6.07, 6.45) is 4.86. The number of nitrogens with zero attached hydrogens (tertiary/aromatic N) is 3. The highest BCUT2D eigenvalue weighted by molar-refractivity contribution is 7.89. The first kappa shape index (κ1) is 24.8. The van der Waals surface area contributed by atoms with Crippen LogP contribution in [-0.4, -0.2) is 60.9 Å². The molecule has 2 fully saturated rings. The number of ether oxygens (including phenoxy) is 1. The second kappa shape index (κ2) is 10.2. The Hall–Kier alpha value is -2.88. The number of fused-ring (bicyclic) bond motifs is 1. The molecule has 0 radical (unpaired) electrons. The summed E-state index contributed by atoms with van der Waals surface area (Å²) < 4.78 is 33.4. The largest absolute Gasteiger partial charge is 0.379 e. The molecule has 1 amide bonds. The van der Waals surface area contributed by atoms with E-state index < -0.39 is 10.0 Å². The van der Waals surface area contributed by atoms with Crippen molar-refractivity contribution in [3.63, 3.8) is 0 Å². The number of nitrogens with one attached hydrogen (secondary N) is 1. The molecule has 8 nitrogen and oxygen atoms in total. The van der Waals surface area contributed by atoms with Gasteiger partial charge in [0.05, 0.1) is 40.6 Å². The van der Waals surface area contributed by atoms with E-state index in [9.17, 15) is 13.2 Å². The summed E-state index contributed by atoms with van der Waals surface area (Å²) in [6.45, 7) is 5.77. The predicted octanol–water partition coefficient (Wildman–Crippen LogP) is 3.87. The number of hydrogen-bond acceptors (Lipinski definition) is 6.